The van der Waals surface area contributed by atoms with Crippen LogP contribution in [-0.4, -0.2) is 35.9 Å². The zero-order valence-corrected chi connectivity index (χ0v) is 19.7. The van der Waals surface area contributed by atoms with E-state index in [4.69, 9.17) is 9.47 Å². The minimum Gasteiger partial charge on any atom is -0.461 e. The molecule has 1 rings (SSSR count). The Labute approximate surface area is 177 Å². The van der Waals surface area contributed by atoms with Gasteiger partial charge in [0, 0.05) is 18.4 Å². The molecule has 0 radical (unpaired) electrons. The predicted octanol–water partition coefficient (Wildman–Crippen LogP) is 4.77. The second-order valence-electron chi connectivity index (χ2n) is 10.0. The van der Waals surface area contributed by atoms with E-state index in [1.165, 1.54) is 0 Å². The quantitative estimate of drug-likeness (QED) is 0.392. The van der Waals surface area contributed by atoms with Crippen molar-refractivity contribution in [1.29, 1.82) is 0 Å². The molecular formula is C24H42O5. The van der Waals surface area contributed by atoms with Gasteiger partial charge in [-0.1, -0.05) is 61.5 Å². The lowest BCUT2D eigenvalue weighted by atomic mass is 9.82. The van der Waals surface area contributed by atoms with E-state index in [1.807, 2.05) is 6.08 Å². The first kappa shape index (κ1) is 25.7. The maximum absolute atomic E-state index is 12.4. The topological polar surface area (TPSA) is 72.8 Å². The first-order valence-electron chi connectivity index (χ1n) is 11.1. The van der Waals surface area contributed by atoms with Gasteiger partial charge in [-0.2, -0.15) is 0 Å². The summed E-state index contributed by atoms with van der Waals surface area (Å²) in [5.41, 5.74) is -0.585. The van der Waals surface area contributed by atoms with Gasteiger partial charge in [-0.15, -0.1) is 0 Å². The molecule has 1 aliphatic rings. The summed E-state index contributed by atoms with van der Waals surface area (Å²) in [6.07, 6.45) is 3.35. The van der Waals surface area contributed by atoms with E-state index in [-0.39, 0.29) is 31.5 Å². The number of aliphatic hydroxyl groups excluding tert-OH is 1. The van der Waals surface area contributed by atoms with E-state index in [9.17, 15) is 14.7 Å². The molecule has 1 atom stereocenters. The average molecular weight is 411 g/mol. The number of hydrogen-bond donors (Lipinski definition) is 1. The minimum atomic E-state index is -1.16. The first-order valence-corrected chi connectivity index (χ1v) is 11.1. The molecule has 0 bridgehead atoms. The number of cyclic esters (lactones) is 1. The Bertz CT molecular complexity index is 560. The van der Waals surface area contributed by atoms with Crippen molar-refractivity contribution < 1.29 is 24.2 Å². The van der Waals surface area contributed by atoms with Crippen molar-refractivity contribution in [3.05, 3.63) is 11.6 Å². The van der Waals surface area contributed by atoms with Gasteiger partial charge < -0.3 is 14.6 Å². The van der Waals surface area contributed by atoms with Crippen molar-refractivity contribution in [2.45, 2.75) is 80.3 Å². The van der Waals surface area contributed by atoms with Crippen LogP contribution in [0.15, 0.2) is 11.6 Å². The third-order valence-corrected chi connectivity index (χ3v) is 6.33. The monoisotopic (exact) mass is 410 g/mol. The molecule has 1 N–H and O–H groups in total. The van der Waals surface area contributed by atoms with Crippen LogP contribution in [0.3, 0.4) is 0 Å². The fraction of sp³-hybridized carbons (Fsp3) is 0.833. The van der Waals surface area contributed by atoms with Crippen molar-refractivity contribution in [2.75, 3.05) is 13.2 Å². The zero-order chi connectivity index (χ0) is 22.4. The molecule has 168 valence electrons. The molecule has 0 aliphatic carbocycles. The lowest BCUT2D eigenvalue weighted by Gasteiger charge is -2.26. The number of allylic oxidation sites excluding steroid dienone is 1. The van der Waals surface area contributed by atoms with E-state index in [1.54, 1.807) is 0 Å². The Balaban J connectivity index is 2.75. The Morgan fingerprint density at radius 3 is 2.00 bits per heavy atom. The lowest BCUT2D eigenvalue weighted by molar-refractivity contribution is -0.167. The van der Waals surface area contributed by atoms with Crippen LogP contribution in [0.1, 0.15) is 74.7 Å². The fourth-order valence-electron chi connectivity index (χ4n) is 4.38. The second kappa shape index (κ2) is 11.1. The van der Waals surface area contributed by atoms with Crippen LogP contribution in [0.5, 0.6) is 0 Å². The Hall–Kier alpha value is -1.36. The Kier molecular flexibility index (Phi) is 9.87. The van der Waals surface area contributed by atoms with E-state index >= 15 is 0 Å². The van der Waals surface area contributed by atoms with Gasteiger partial charge in [-0.25, -0.2) is 4.79 Å². The largest absolute Gasteiger partial charge is 0.461 e. The molecule has 1 unspecified atom stereocenters. The summed E-state index contributed by atoms with van der Waals surface area (Å²) in [4.78, 5) is 24.7. The molecule has 0 aromatic carbocycles. The molecule has 1 fully saturated rings. The third kappa shape index (κ3) is 7.44. The highest BCUT2D eigenvalue weighted by Gasteiger charge is 2.44. The Morgan fingerprint density at radius 1 is 1.03 bits per heavy atom. The number of carbonyl (C=O) groups excluding carboxylic acids is 2. The van der Waals surface area contributed by atoms with Crippen LogP contribution in [-0.2, 0) is 19.1 Å². The van der Waals surface area contributed by atoms with Crippen LogP contribution < -0.4 is 0 Å². The first-order chi connectivity index (χ1) is 13.4. The standard InChI is InChI=1S/C24H42O5/c1-15(2)20(16(3)4)10-9-19-12-24(13-25,29-23(19)27)14-28-22(26)11-21(17(5)6)18(7)8/h9,15-18,20-21,25H,10-14H2,1-8H3/b19-9-. The van der Waals surface area contributed by atoms with Crippen molar-refractivity contribution in [1.82, 2.24) is 0 Å². The van der Waals surface area contributed by atoms with Gasteiger partial charge in [0.25, 0.3) is 0 Å². The third-order valence-electron chi connectivity index (χ3n) is 6.33. The van der Waals surface area contributed by atoms with Gasteiger partial charge in [0.05, 0.1) is 6.61 Å². The normalized spacial score (nSPS) is 21.5. The molecule has 29 heavy (non-hydrogen) atoms. The van der Waals surface area contributed by atoms with Crippen molar-refractivity contribution in [3.63, 3.8) is 0 Å². The van der Waals surface area contributed by atoms with Crippen LogP contribution in [0, 0.1) is 35.5 Å². The van der Waals surface area contributed by atoms with Gasteiger partial charge in [-0.3, -0.25) is 4.79 Å². The molecule has 5 heteroatoms. The van der Waals surface area contributed by atoms with Gasteiger partial charge >= 0.3 is 11.9 Å². The number of ether oxygens (including phenoxy) is 2. The summed E-state index contributed by atoms with van der Waals surface area (Å²) in [6, 6.07) is 0. The molecule has 0 aromatic heterocycles. The van der Waals surface area contributed by atoms with E-state index in [0.29, 0.717) is 41.6 Å². The molecule has 1 heterocycles. The Morgan fingerprint density at radius 2 is 1.55 bits per heavy atom. The maximum atomic E-state index is 12.4. The summed E-state index contributed by atoms with van der Waals surface area (Å²) < 4.78 is 10.9. The molecular weight excluding hydrogens is 368 g/mol. The average Bonchev–Trinajstić information content (AvgIpc) is 2.93. The second-order valence-corrected chi connectivity index (χ2v) is 10.0. The number of hydrogen-bond acceptors (Lipinski definition) is 5. The molecule has 0 aromatic rings. The maximum Gasteiger partial charge on any atom is 0.334 e. The SMILES string of the molecule is CC(C)C(C/C=C1/CC(CO)(COC(=O)CC(C(C)C)C(C)C)OC1=O)C(C)C. The minimum absolute atomic E-state index is 0.105. The summed E-state index contributed by atoms with van der Waals surface area (Å²) >= 11 is 0. The smallest absolute Gasteiger partial charge is 0.334 e. The van der Waals surface area contributed by atoms with Gasteiger partial charge in [-0.05, 0) is 41.9 Å². The fourth-order valence-corrected chi connectivity index (χ4v) is 4.38. The van der Waals surface area contributed by atoms with Crippen LogP contribution >= 0.6 is 0 Å². The summed E-state index contributed by atoms with van der Waals surface area (Å²) in [5, 5.41) is 9.88. The van der Waals surface area contributed by atoms with Crippen molar-refractivity contribution >= 4 is 11.9 Å². The molecule has 0 amide bonds. The van der Waals surface area contributed by atoms with Crippen LogP contribution in [0.2, 0.25) is 0 Å². The highest BCUT2D eigenvalue weighted by atomic mass is 16.6. The highest BCUT2D eigenvalue weighted by Crippen LogP contribution is 2.34. The number of carbonyl (C=O) groups is 2. The number of aliphatic hydroxyl groups is 1. The van der Waals surface area contributed by atoms with E-state index in [0.717, 1.165) is 6.42 Å². The highest BCUT2D eigenvalue weighted by molar-refractivity contribution is 5.91. The number of esters is 2. The molecule has 1 aliphatic heterocycles. The lowest BCUT2D eigenvalue weighted by Crippen LogP contribution is -2.39. The van der Waals surface area contributed by atoms with Crippen molar-refractivity contribution in [2.24, 2.45) is 35.5 Å². The van der Waals surface area contributed by atoms with E-state index < -0.39 is 11.6 Å². The number of rotatable bonds is 11. The van der Waals surface area contributed by atoms with Crippen LogP contribution in [0.4, 0.5) is 0 Å². The predicted molar refractivity (Wildman–Crippen MR) is 115 cm³/mol. The van der Waals surface area contributed by atoms with Gasteiger partial charge in [0.15, 0.2) is 5.60 Å². The molecule has 0 spiro atoms. The van der Waals surface area contributed by atoms with E-state index in [2.05, 4.69) is 55.4 Å². The molecule has 1 saturated heterocycles. The molecule has 5 nitrogen and oxygen atoms in total. The van der Waals surface area contributed by atoms with Crippen LogP contribution in [0.25, 0.3) is 0 Å². The summed E-state index contributed by atoms with van der Waals surface area (Å²) in [6.45, 7) is 16.7. The molecule has 0 saturated carbocycles. The summed E-state index contributed by atoms with van der Waals surface area (Å²) in [5.74, 6) is 1.78. The summed E-state index contributed by atoms with van der Waals surface area (Å²) in [7, 11) is 0. The van der Waals surface area contributed by atoms with Gasteiger partial charge in [0.1, 0.15) is 6.61 Å². The van der Waals surface area contributed by atoms with Gasteiger partial charge in [0.2, 0.25) is 0 Å². The zero-order valence-electron chi connectivity index (χ0n) is 19.7. The van der Waals surface area contributed by atoms with Crippen molar-refractivity contribution in [3.8, 4) is 0 Å².